The normalized spacial score (nSPS) is 12.7. The van der Waals surface area contributed by atoms with Crippen LogP contribution in [0.15, 0.2) is 23.3 Å². The van der Waals surface area contributed by atoms with Crippen molar-refractivity contribution in [1.29, 1.82) is 0 Å². The number of hydrogen-bond acceptors (Lipinski definition) is 2. The summed E-state index contributed by atoms with van der Waals surface area (Å²) in [6, 6.07) is 1.77. The number of rotatable bonds is 5. The van der Waals surface area contributed by atoms with Crippen molar-refractivity contribution in [3.8, 4) is 0 Å². The van der Waals surface area contributed by atoms with E-state index in [2.05, 4.69) is 11.9 Å². The molecule has 0 aromatic carbocycles. The molecule has 0 aliphatic heterocycles. The molecule has 1 rings (SSSR count). The van der Waals surface area contributed by atoms with Gasteiger partial charge in [-0.3, -0.25) is 4.57 Å². The minimum absolute atomic E-state index is 0.175. The Hall–Kier alpha value is -0.830. The van der Waals surface area contributed by atoms with Crippen molar-refractivity contribution >= 4 is 11.6 Å². The van der Waals surface area contributed by atoms with E-state index in [0.717, 1.165) is 19.4 Å². The zero-order valence-corrected chi connectivity index (χ0v) is 9.07. The van der Waals surface area contributed by atoms with Gasteiger partial charge in [0.25, 0.3) is 0 Å². The average molecular weight is 215 g/mol. The summed E-state index contributed by atoms with van der Waals surface area (Å²) < 4.78 is 1.63. The van der Waals surface area contributed by atoms with Crippen LogP contribution in [0.5, 0.6) is 0 Å². The summed E-state index contributed by atoms with van der Waals surface area (Å²) in [7, 11) is 0. The van der Waals surface area contributed by atoms with Gasteiger partial charge in [0.2, 0.25) is 0 Å². The number of aromatic nitrogens is 2. The van der Waals surface area contributed by atoms with Crippen LogP contribution in [-0.4, -0.2) is 15.4 Å². The van der Waals surface area contributed by atoms with Crippen LogP contribution in [0.3, 0.4) is 0 Å². The second-order valence-electron chi connectivity index (χ2n) is 3.47. The van der Waals surface area contributed by atoms with Crippen LogP contribution in [0.4, 0.5) is 0 Å². The molecule has 0 spiro atoms. The van der Waals surface area contributed by atoms with E-state index in [-0.39, 0.29) is 5.69 Å². The van der Waals surface area contributed by atoms with Crippen molar-refractivity contribution in [2.24, 2.45) is 5.92 Å². The standard InChI is InChI=1S/C10H15ClN2O/c1-9(3-5-11)4-8-13-7-2-6-12-10(13)14/h2,6-7,9H,3-5,8H2,1H3. The van der Waals surface area contributed by atoms with Gasteiger partial charge in [-0.2, -0.15) is 0 Å². The number of alkyl halides is 1. The highest BCUT2D eigenvalue weighted by Gasteiger charge is 2.02. The highest BCUT2D eigenvalue weighted by molar-refractivity contribution is 6.17. The zero-order chi connectivity index (χ0) is 10.4. The molecular weight excluding hydrogens is 200 g/mol. The minimum atomic E-state index is -0.175. The van der Waals surface area contributed by atoms with Crippen LogP contribution in [0.2, 0.25) is 0 Å². The van der Waals surface area contributed by atoms with Gasteiger partial charge in [0.05, 0.1) is 0 Å². The molecule has 3 nitrogen and oxygen atoms in total. The van der Waals surface area contributed by atoms with Crippen molar-refractivity contribution in [2.45, 2.75) is 26.3 Å². The van der Waals surface area contributed by atoms with E-state index in [1.165, 1.54) is 6.20 Å². The quantitative estimate of drug-likeness (QED) is 0.702. The molecule has 0 amide bonds. The van der Waals surface area contributed by atoms with Gasteiger partial charge in [-0.1, -0.05) is 6.92 Å². The molecule has 4 heteroatoms. The van der Waals surface area contributed by atoms with Gasteiger partial charge < -0.3 is 0 Å². The first-order valence-electron chi connectivity index (χ1n) is 4.81. The van der Waals surface area contributed by atoms with Gasteiger partial charge in [0.15, 0.2) is 0 Å². The van der Waals surface area contributed by atoms with E-state index in [1.54, 1.807) is 16.8 Å². The summed E-state index contributed by atoms with van der Waals surface area (Å²) >= 11 is 5.63. The monoisotopic (exact) mass is 214 g/mol. The topological polar surface area (TPSA) is 34.9 Å². The van der Waals surface area contributed by atoms with Crippen molar-refractivity contribution in [3.05, 3.63) is 28.9 Å². The Morgan fingerprint density at radius 2 is 2.36 bits per heavy atom. The third kappa shape index (κ3) is 3.50. The molecule has 1 aromatic heterocycles. The molecule has 1 atom stereocenters. The molecule has 0 aliphatic carbocycles. The molecular formula is C10H15ClN2O. The number of nitrogens with zero attached hydrogens (tertiary/aromatic N) is 2. The molecule has 1 heterocycles. The first kappa shape index (κ1) is 11.2. The Morgan fingerprint density at radius 1 is 1.57 bits per heavy atom. The van der Waals surface area contributed by atoms with Gasteiger partial charge in [0, 0.05) is 24.8 Å². The Bertz CT molecular complexity index is 324. The third-order valence-corrected chi connectivity index (χ3v) is 2.47. The summed E-state index contributed by atoms with van der Waals surface area (Å²) in [6.07, 6.45) is 5.25. The molecule has 0 saturated carbocycles. The maximum absolute atomic E-state index is 11.2. The number of hydrogen-bond donors (Lipinski definition) is 0. The van der Waals surface area contributed by atoms with E-state index in [1.807, 2.05) is 0 Å². The predicted molar refractivity (Wildman–Crippen MR) is 57.6 cm³/mol. The van der Waals surface area contributed by atoms with Gasteiger partial charge in [-0.05, 0) is 24.8 Å². The van der Waals surface area contributed by atoms with Crippen molar-refractivity contribution in [2.75, 3.05) is 5.88 Å². The highest BCUT2D eigenvalue weighted by atomic mass is 35.5. The first-order chi connectivity index (χ1) is 6.74. The maximum atomic E-state index is 11.2. The van der Waals surface area contributed by atoms with E-state index in [0.29, 0.717) is 11.8 Å². The Kier molecular flexibility index (Phi) is 4.66. The lowest BCUT2D eigenvalue weighted by atomic mass is 10.1. The molecule has 0 N–H and O–H groups in total. The molecule has 0 aliphatic rings. The summed E-state index contributed by atoms with van der Waals surface area (Å²) in [5.41, 5.74) is -0.175. The Morgan fingerprint density at radius 3 is 3.00 bits per heavy atom. The van der Waals surface area contributed by atoms with Gasteiger partial charge in [-0.15, -0.1) is 11.6 Å². The molecule has 0 bridgehead atoms. The van der Waals surface area contributed by atoms with Crippen LogP contribution in [-0.2, 0) is 6.54 Å². The van der Waals surface area contributed by atoms with Gasteiger partial charge in [-0.25, -0.2) is 9.78 Å². The molecule has 0 fully saturated rings. The molecule has 1 aromatic rings. The fourth-order valence-electron chi connectivity index (χ4n) is 1.25. The predicted octanol–water partition coefficient (Wildman–Crippen LogP) is 1.90. The van der Waals surface area contributed by atoms with Crippen molar-refractivity contribution in [3.63, 3.8) is 0 Å². The molecule has 78 valence electrons. The maximum Gasteiger partial charge on any atom is 0.347 e. The molecule has 0 saturated heterocycles. The third-order valence-electron chi connectivity index (χ3n) is 2.25. The van der Waals surface area contributed by atoms with Crippen LogP contribution in [0.1, 0.15) is 19.8 Å². The van der Waals surface area contributed by atoms with E-state index >= 15 is 0 Å². The van der Waals surface area contributed by atoms with E-state index < -0.39 is 0 Å². The van der Waals surface area contributed by atoms with Crippen LogP contribution >= 0.6 is 11.6 Å². The van der Waals surface area contributed by atoms with E-state index in [4.69, 9.17) is 11.6 Å². The smallest absolute Gasteiger partial charge is 0.299 e. The Balaban J connectivity index is 2.46. The van der Waals surface area contributed by atoms with Gasteiger partial charge in [0.1, 0.15) is 0 Å². The summed E-state index contributed by atoms with van der Waals surface area (Å²) in [6.45, 7) is 2.87. The zero-order valence-electron chi connectivity index (χ0n) is 8.32. The Labute approximate surface area is 88.7 Å². The lowest BCUT2D eigenvalue weighted by Gasteiger charge is -2.09. The number of halogens is 1. The highest BCUT2D eigenvalue weighted by Crippen LogP contribution is 2.08. The molecule has 14 heavy (non-hydrogen) atoms. The SMILES string of the molecule is CC(CCCl)CCn1cccnc1=O. The molecule has 1 unspecified atom stereocenters. The summed E-state index contributed by atoms with van der Waals surface area (Å²) in [5.74, 6) is 1.24. The van der Waals surface area contributed by atoms with Crippen molar-refractivity contribution in [1.82, 2.24) is 9.55 Å². The van der Waals surface area contributed by atoms with Crippen LogP contribution < -0.4 is 5.69 Å². The van der Waals surface area contributed by atoms with E-state index in [9.17, 15) is 4.79 Å². The lowest BCUT2D eigenvalue weighted by Crippen LogP contribution is -2.22. The fraction of sp³-hybridized carbons (Fsp3) is 0.600. The fourth-order valence-corrected chi connectivity index (χ4v) is 1.62. The minimum Gasteiger partial charge on any atom is -0.299 e. The van der Waals surface area contributed by atoms with Gasteiger partial charge >= 0.3 is 5.69 Å². The first-order valence-corrected chi connectivity index (χ1v) is 5.35. The average Bonchev–Trinajstić information content (AvgIpc) is 2.17. The summed E-state index contributed by atoms with van der Waals surface area (Å²) in [4.78, 5) is 14.9. The lowest BCUT2D eigenvalue weighted by molar-refractivity contribution is 0.461. The van der Waals surface area contributed by atoms with Crippen LogP contribution in [0.25, 0.3) is 0 Å². The number of aryl methyl sites for hydroxylation is 1. The van der Waals surface area contributed by atoms with Crippen molar-refractivity contribution < 1.29 is 0 Å². The summed E-state index contributed by atoms with van der Waals surface area (Å²) in [5, 5.41) is 0. The van der Waals surface area contributed by atoms with Crippen LogP contribution in [0, 0.1) is 5.92 Å². The second kappa shape index (κ2) is 5.81. The second-order valence-corrected chi connectivity index (χ2v) is 3.85. The largest absolute Gasteiger partial charge is 0.347 e. The molecule has 0 radical (unpaired) electrons.